The maximum Gasteiger partial charge on any atom is 0.237 e. The van der Waals surface area contributed by atoms with E-state index in [1.165, 1.54) is 33.6 Å². The van der Waals surface area contributed by atoms with Crippen molar-refractivity contribution in [2.24, 2.45) is 5.73 Å². The Balaban J connectivity index is 1.42. The van der Waals surface area contributed by atoms with E-state index in [1.54, 1.807) is 0 Å². The Labute approximate surface area is 188 Å². The molecule has 1 amide bonds. The molecule has 0 unspecified atom stereocenters. The molecule has 4 aromatic rings. The van der Waals surface area contributed by atoms with E-state index in [1.807, 2.05) is 35.2 Å². The van der Waals surface area contributed by atoms with Crippen molar-refractivity contribution < 1.29 is 4.79 Å². The van der Waals surface area contributed by atoms with Gasteiger partial charge in [0, 0.05) is 40.9 Å². The van der Waals surface area contributed by atoms with Gasteiger partial charge in [0.1, 0.15) is 6.54 Å². The van der Waals surface area contributed by atoms with Gasteiger partial charge in [0.25, 0.3) is 0 Å². The number of primary amides is 1. The number of para-hydroxylation sites is 1. The summed E-state index contributed by atoms with van der Waals surface area (Å²) >= 11 is 0. The molecule has 0 fully saturated rings. The van der Waals surface area contributed by atoms with Gasteiger partial charge >= 0.3 is 0 Å². The summed E-state index contributed by atoms with van der Waals surface area (Å²) in [4.78, 5) is 11.5. The molecule has 32 heavy (non-hydrogen) atoms. The highest BCUT2D eigenvalue weighted by atomic mass is 16.1. The highest BCUT2D eigenvalue weighted by Crippen LogP contribution is 2.33. The largest absolute Gasteiger partial charge is 0.368 e. The average Bonchev–Trinajstić information content (AvgIpc) is 3.36. The average molecular weight is 428 g/mol. The van der Waals surface area contributed by atoms with Crippen molar-refractivity contribution >= 4 is 16.8 Å². The minimum atomic E-state index is -0.332. The van der Waals surface area contributed by atoms with Crippen molar-refractivity contribution in [2.45, 2.75) is 52.2 Å². The minimum absolute atomic E-state index is 0.191. The molecular weight excluding hydrogens is 398 g/mol. The fourth-order valence-electron chi connectivity index (χ4n) is 4.94. The second kappa shape index (κ2) is 8.28. The summed E-state index contributed by atoms with van der Waals surface area (Å²) in [5.74, 6) is -0.332. The summed E-state index contributed by atoms with van der Waals surface area (Å²) in [6.45, 7) is 5.23. The summed E-state index contributed by atoms with van der Waals surface area (Å²) in [5, 5.41) is 9.70. The Kier molecular flexibility index (Phi) is 5.31. The van der Waals surface area contributed by atoms with Gasteiger partial charge in [0.15, 0.2) is 0 Å². The number of carbonyl (C=O) groups excluding carboxylic acids is 1. The molecule has 1 aliphatic rings. The van der Waals surface area contributed by atoms with E-state index < -0.39 is 0 Å². The Morgan fingerprint density at radius 2 is 2.03 bits per heavy atom. The zero-order valence-electron chi connectivity index (χ0n) is 18.6. The maximum absolute atomic E-state index is 11.5. The highest BCUT2D eigenvalue weighted by molar-refractivity contribution is 5.85. The summed E-state index contributed by atoms with van der Waals surface area (Å²) in [6.07, 6.45) is 7.34. The van der Waals surface area contributed by atoms with Crippen molar-refractivity contribution in [3.63, 3.8) is 0 Å². The molecule has 3 N–H and O–H groups in total. The van der Waals surface area contributed by atoms with Crippen LogP contribution in [0.3, 0.4) is 0 Å². The minimum Gasteiger partial charge on any atom is -0.368 e. The monoisotopic (exact) mass is 427 g/mol. The number of nitrogens with zero attached hydrogens (tertiary/aromatic N) is 3. The van der Waals surface area contributed by atoms with E-state index in [9.17, 15) is 4.79 Å². The summed E-state index contributed by atoms with van der Waals surface area (Å²) in [5.41, 5.74) is 14.0. The van der Waals surface area contributed by atoms with Crippen molar-refractivity contribution in [2.75, 3.05) is 0 Å². The van der Waals surface area contributed by atoms with E-state index in [-0.39, 0.29) is 18.5 Å². The van der Waals surface area contributed by atoms with Gasteiger partial charge in [0.2, 0.25) is 5.91 Å². The lowest BCUT2D eigenvalue weighted by molar-refractivity contribution is -0.118. The van der Waals surface area contributed by atoms with Crippen LogP contribution >= 0.6 is 0 Å². The number of nitrogens with one attached hydrogen (secondary N) is 1. The van der Waals surface area contributed by atoms with Crippen LogP contribution in [-0.2, 0) is 24.3 Å². The van der Waals surface area contributed by atoms with Crippen LogP contribution in [-0.4, -0.2) is 20.3 Å². The van der Waals surface area contributed by atoms with Crippen LogP contribution in [0.5, 0.6) is 0 Å². The molecular formula is C26H29N5O. The van der Waals surface area contributed by atoms with Crippen LogP contribution in [0.4, 0.5) is 0 Å². The van der Waals surface area contributed by atoms with Crippen molar-refractivity contribution in [1.82, 2.24) is 19.7 Å². The lowest BCUT2D eigenvalue weighted by Crippen LogP contribution is -2.25. The second-order valence-electron chi connectivity index (χ2n) is 8.77. The molecule has 2 heterocycles. The molecule has 2 aromatic heterocycles. The molecule has 0 spiro atoms. The van der Waals surface area contributed by atoms with E-state index in [2.05, 4.69) is 48.1 Å². The Morgan fingerprint density at radius 3 is 2.88 bits per heavy atom. The van der Waals surface area contributed by atoms with Gasteiger partial charge in [0.05, 0.1) is 11.9 Å². The van der Waals surface area contributed by atoms with E-state index in [4.69, 9.17) is 10.8 Å². The lowest BCUT2D eigenvalue weighted by atomic mass is 9.92. The SMILES string of the molecule is Cc1cccc(-n2ncc3c2CCC[C@@H]3NCc2cn(CC(N)=O)c3ccccc23)c1C. The second-order valence-corrected chi connectivity index (χ2v) is 8.77. The van der Waals surface area contributed by atoms with Crippen molar-refractivity contribution in [1.29, 1.82) is 0 Å². The molecule has 5 rings (SSSR count). The third-order valence-corrected chi connectivity index (χ3v) is 6.72. The van der Waals surface area contributed by atoms with E-state index in [0.717, 1.165) is 36.7 Å². The summed E-state index contributed by atoms with van der Waals surface area (Å²) in [7, 11) is 0. The van der Waals surface area contributed by atoms with Gasteiger partial charge in [-0.1, -0.05) is 30.3 Å². The van der Waals surface area contributed by atoms with Crippen LogP contribution in [0.15, 0.2) is 54.9 Å². The molecule has 0 saturated heterocycles. The molecule has 0 radical (unpaired) electrons. The van der Waals surface area contributed by atoms with Crippen LogP contribution in [0.2, 0.25) is 0 Å². The molecule has 0 aliphatic heterocycles. The normalized spacial score (nSPS) is 15.8. The van der Waals surface area contributed by atoms with E-state index in [0.29, 0.717) is 0 Å². The summed E-state index contributed by atoms with van der Waals surface area (Å²) < 4.78 is 4.07. The topological polar surface area (TPSA) is 77.9 Å². The van der Waals surface area contributed by atoms with Crippen molar-refractivity contribution in [3.05, 3.63) is 82.8 Å². The number of hydrogen-bond donors (Lipinski definition) is 2. The standard InChI is InChI=1S/C26H29N5O/c1-17-7-5-11-23(18(17)2)31-25-12-6-9-22(21(25)14-29-31)28-13-19-15-30(16-26(27)32)24-10-4-3-8-20(19)24/h3-5,7-8,10-11,14-15,22,28H,6,9,12-13,16H2,1-2H3,(H2,27,32)/t22-/m0/s1. The Bertz CT molecular complexity index is 1300. The van der Waals surface area contributed by atoms with E-state index >= 15 is 0 Å². The molecule has 0 bridgehead atoms. The molecule has 0 saturated carbocycles. The first kappa shape index (κ1) is 20.5. The molecule has 1 aliphatic carbocycles. The van der Waals surface area contributed by atoms with Gasteiger partial charge in [-0.25, -0.2) is 4.68 Å². The first-order valence-corrected chi connectivity index (χ1v) is 11.2. The number of aromatic nitrogens is 3. The quantitative estimate of drug-likeness (QED) is 0.486. The number of benzene rings is 2. The first-order chi connectivity index (χ1) is 15.5. The first-order valence-electron chi connectivity index (χ1n) is 11.2. The number of rotatable bonds is 6. The zero-order valence-corrected chi connectivity index (χ0v) is 18.6. The van der Waals surface area contributed by atoms with Gasteiger partial charge in [-0.2, -0.15) is 5.10 Å². The number of nitrogens with two attached hydrogens (primary N) is 1. The number of aryl methyl sites for hydroxylation is 1. The number of hydrogen-bond acceptors (Lipinski definition) is 3. The lowest BCUT2D eigenvalue weighted by Gasteiger charge is -2.24. The van der Waals surface area contributed by atoms with Crippen LogP contribution in [0.25, 0.3) is 16.6 Å². The fraction of sp³-hybridized carbons (Fsp3) is 0.308. The van der Waals surface area contributed by atoms with Crippen LogP contribution in [0.1, 0.15) is 46.8 Å². The Hall–Kier alpha value is -3.38. The molecule has 2 aromatic carbocycles. The van der Waals surface area contributed by atoms with Gasteiger partial charge in [-0.05, 0) is 61.9 Å². The van der Waals surface area contributed by atoms with Crippen molar-refractivity contribution in [3.8, 4) is 5.69 Å². The van der Waals surface area contributed by atoms with Crippen LogP contribution < -0.4 is 11.1 Å². The Morgan fingerprint density at radius 1 is 1.19 bits per heavy atom. The zero-order chi connectivity index (χ0) is 22.2. The fourth-order valence-corrected chi connectivity index (χ4v) is 4.94. The number of fused-ring (bicyclic) bond motifs is 2. The molecule has 1 atom stereocenters. The number of amides is 1. The summed E-state index contributed by atoms with van der Waals surface area (Å²) in [6, 6.07) is 14.8. The molecule has 6 heteroatoms. The predicted octanol–water partition coefficient (Wildman–Crippen LogP) is 4.10. The van der Waals surface area contributed by atoms with Gasteiger partial charge in [-0.15, -0.1) is 0 Å². The molecule has 164 valence electrons. The maximum atomic E-state index is 11.5. The molecule has 6 nitrogen and oxygen atoms in total. The van der Waals surface area contributed by atoms with Gasteiger partial charge < -0.3 is 15.6 Å². The van der Waals surface area contributed by atoms with Crippen LogP contribution in [0, 0.1) is 13.8 Å². The smallest absolute Gasteiger partial charge is 0.237 e. The van der Waals surface area contributed by atoms with Gasteiger partial charge in [-0.3, -0.25) is 4.79 Å². The highest BCUT2D eigenvalue weighted by Gasteiger charge is 2.25. The predicted molar refractivity (Wildman–Crippen MR) is 127 cm³/mol. The third kappa shape index (κ3) is 3.60. The third-order valence-electron chi connectivity index (χ3n) is 6.72. The number of carbonyl (C=O) groups is 1.